The molecule has 16 heavy (non-hydrogen) atoms. The fourth-order valence-corrected chi connectivity index (χ4v) is 1.23. The second-order valence-electron chi connectivity index (χ2n) is 4.43. The molecular formula is C15H26O. The van der Waals surface area contributed by atoms with Crippen molar-refractivity contribution in [2.24, 2.45) is 5.92 Å². The van der Waals surface area contributed by atoms with Crippen molar-refractivity contribution in [3.05, 3.63) is 29.8 Å². The molecule has 1 nitrogen and oxygen atoms in total. The van der Waals surface area contributed by atoms with Crippen LogP contribution in [0.1, 0.15) is 53.0 Å². The molecule has 0 N–H and O–H groups in total. The van der Waals surface area contributed by atoms with Crippen LogP contribution in [0.15, 0.2) is 24.3 Å². The minimum atomic E-state index is 0.567. The molecule has 1 aromatic rings. The van der Waals surface area contributed by atoms with Gasteiger partial charge in [-0.3, -0.25) is 0 Å². The lowest BCUT2D eigenvalue weighted by molar-refractivity contribution is 0.271. The Bertz CT molecular complexity index is 277. The SMILES string of the molecule is CC.CC(C)COc1cccc(C(C)C)c1. The van der Waals surface area contributed by atoms with Crippen molar-refractivity contribution in [3.63, 3.8) is 0 Å². The predicted molar refractivity (Wildman–Crippen MR) is 72.2 cm³/mol. The Hall–Kier alpha value is -0.980. The van der Waals surface area contributed by atoms with Gasteiger partial charge < -0.3 is 4.74 Å². The second-order valence-corrected chi connectivity index (χ2v) is 4.43. The summed E-state index contributed by atoms with van der Waals surface area (Å²) in [7, 11) is 0. The van der Waals surface area contributed by atoms with Crippen LogP contribution in [0.2, 0.25) is 0 Å². The lowest BCUT2D eigenvalue weighted by Gasteiger charge is -2.11. The van der Waals surface area contributed by atoms with E-state index in [1.807, 2.05) is 19.9 Å². The van der Waals surface area contributed by atoms with E-state index >= 15 is 0 Å². The van der Waals surface area contributed by atoms with Crippen molar-refractivity contribution in [2.45, 2.75) is 47.5 Å². The van der Waals surface area contributed by atoms with Crippen LogP contribution in [-0.2, 0) is 0 Å². The number of hydrogen-bond donors (Lipinski definition) is 0. The van der Waals surface area contributed by atoms with Gasteiger partial charge in [-0.2, -0.15) is 0 Å². The Morgan fingerprint density at radius 3 is 2.19 bits per heavy atom. The number of benzene rings is 1. The molecule has 0 bridgehead atoms. The summed E-state index contributed by atoms with van der Waals surface area (Å²) in [6.45, 7) is 13.5. The van der Waals surface area contributed by atoms with Crippen LogP contribution in [-0.4, -0.2) is 6.61 Å². The molecule has 0 aliphatic carbocycles. The molecule has 0 spiro atoms. The minimum absolute atomic E-state index is 0.567. The van der Waals surface area contributed by atoms with E-state index in [2.05, 4.69) is 45.9 Å². The zero-order valence-electron chi connectivity index (χ0n) is 11.6. The Labute approximate surface area is 101 Å². The molecule has 0 radical (unpaired) electrons. The van der Waals surface area contributed by atoms with Crippen molar-refractivity contribution in [3.8, 4) is 5.75 Å². The Morgan fingerprint density at radius 1 is 1.06 bits per heavy atom. The average Bonchev–Trinajstić information content (AvgIpc) is 2.29. The molecule has 0 aromatic heterocycles. The number of ether oxygens (including phenoxy) is 1. The maximum Gasteiger partial charge on any atom is 0.119 e. The first kappa shape index (κ1) is 15.0. The van der Waals surface area contributed by atoms with Gasteiger partial charge in [-0.15, -0.1) is 0 Å². The predicted octanol–water partition coefficient (Wildman–Crippen LogP) is 4.87. The summed E-state index contributed by atoms with van der Waals surface area (Å²) < 4.78 is 5.66. The third kappa shape index (κ3) is 5.79. The van der Waals surface area contributed by atoms with Crippen LogP contribution in [0.3, 0.4) is 0 Å². The molecule has 0 atom stereocenters. The Morgan fingerprint density at radius 2 is 1.69 bits per heavy atom. The second kappa shape index (κ2) is 8.20. The van der Waals surface area contributed by atoms with E-state index in [-0.39, 0.29) is 0 Å². The quantitative estimate of drug-likeness (QED) is 0.706. The van der Waals surface area contributed by atoms with Gasteiger partial charge in [-0.05, 0) is 29.5 Å². The van der Waals surface area contributed by atoms with E-state index < -0.39 is 0 Å². The fraction of sp³-hybridized carbons (Fsp3) is 0.600. The van der Waals surface area contributed by atoms with Gasteiger partial charge in [0.2, 0.25) is 0 Å². The molecule has 1 aromatic carbocycles. The zero-order valence-corrected chi connectivity index (χ0v) is 11.6. The molecule has 0 amide bonds. The highest BCUT2D eigenvalue weighted by Crippen LogP contribution is 2.20. The molecule has 0 fully saturated rings. The summed E-state index contributed by atoms with van der Waals surface area (Å²) in [6, 6.07) is 8.36. The summed E-state index contributed by atoms with van der Waals surface area (Å²) in [5, 5.41) is 0. The van der Waals surface area contributed by atoms with Gasteiger partial charge in [0.1, 0.15) is 5.75 Å². The van der Waals surface area contributed by atoms with Gasteiger partial charge in [0.05, 0.1) is 6.61 Å². The highest BCUT2D eigenvalue weighted by Gasteiger charge is 2.01. The van der Waals surface area contributed by atoms with Gasteiger partial charge in [0.15, 0.2) is 0 Å². The van der Waals surface area contributed by atoms with Crippen molar-refractivity contribution < 1.29 is 4.74 Å². The molecule has 0 saturated heterocycles. The summed E-state index contributed by atoms with van der Waals surface area (Å²) in [4.78, 5) is 0. The van der Waals surface area contributed by atoms with Crippen molar-refractivity contribution in [1.29, 1.82) is 0 Å². The van der Waals surface area contributed by atoms with Crippen LogP contribution in [0.25, 0.3) is 0 Å². The van der Waals surface area contributed by atoms with E-state index in [0.29, 0.717) is 11.8 Å². The summed E-state index contributed by atoms with van der Waals surface area (Å²) >= 11 is 0. The van der Waals surface area contributed by atoms with E-state index in [1.165, 1.54) is 5.56 Å². The summed E-state index contributed by atoms with van der Waals surface area (Å²) in [5.74, 6) is 2.14. The van der Waals surface area contributed by atoms with Crippen molar-refractivity contribution in [2.75, 3.05) is 6.61 Å². The smallest absolute Gasteiger partial charge is 0.119 e. The Balaban J connectivity index is 0.00000106. The fourth-order valence-electron chi connectivity index (χ4n) is 1.23. The number of hydrogen-bond acceptors (Lipinski definition) is 1. The van der Waals surface area contributed by atoms with Crippen LogP contribution < -0.4 is 4.74 Å². The Kier molecular flexibility index (Phi) is 7.70. The maximum atomic E-state index is 5.66. The zero-order chi connectivity index (χ0) is 12.6. The molecule has 1 heteroatoms. The van der Waals surface area contributed by atoms with Gasteiger partial charge in [-0.25, -0.2) is 0 Å². The molecular weight excluding hydrogens is 196 g/mol. The number of rotatable bonds is 4. The molecule has 0 saturated carbocycles. The molecule has 1 rings (SSSR count). The van der Waals surface area contributed by atoms with Gasteiger partial charge in [0.25, 0.3) is 0 Å². The normalized spacial score (nSPS) is 10.0. The van der Waals surface area contributed by atoms with Gasteiger partial charge >= 0.3 is 0 Å². The van der Waals surface area contributed by atoms with E-state index in [1.54, 1.807) is 0 Å². The van der Waals surface area contributed by atoms with E-state index in [9.17, 15) is 0 Å². The van der Waals surface area contributed by atoms with Crippen LogP contribution in [0.4, 0.5) is 0 Å². The first-order valence-electron chi connectivity index (χ1n) is 6.32. The topological polar surface area (TPSA) is 9.23 Å². The largest absolute Gasteiger partial charge is 0.493 e. The maximum absolute atomic E-state index is 5.66. The summed E-state index contributed by atoms with van der Waals surface area (Å²) in [6.07, 6.45) is 0. The monoisotopic (exact) mass is 222 g/mol. The first-order chi connectivity index (χ1) is 7.59. The summed E-state index contributed by atoms with van der Waals surface area (Å²) in [5.41, 5.74) is 1.34. The minimum Gasteiger partial charge on any atom is -0.493 e. The molecule has 0 aliphatic rings. The molecule has 0 aliphatic heterocycles. The lowest BCUT2D eigenvalue weighted by atomic mass is 10.0. The van der Waals surface area contributed by atoms with Crippen LogP contribution in [0.5, 0.6) is 5.75 Å². The first-order valence-corrected chi connectivity index (χ1v) is 6.32. The average molecular weight is 222 g/mol. The third-order valence-electron chi connectivity index (χ3n) is 2.11. The van der Waals surface area contributed by atoms with Crippen LogP contribution >= 0.6 is 0 Å². The van der Waals surface area contributed by atoms with E-state index in [0.717, 1.165) is 12.4 Å². The van der Waals surface area contributed by atoms with Gasteiger partial charge in [-0.1, -0.05) is 53.7 Å². The highest BCUT2D eigenvalue weighted by molar-refractivity contribution is 5.30. The highest BCUT2D eigenvalue weighted by atomic mass is 16.5. The van der Waals surface area contributed by atoms with Crippen molar-refractivity contribution >= 4 is 0 Å². The van der Waals surface area contributed by atoms with Crippen molar-refractivity contribution in [1.82, 2.24) is 0 Å². The molecule has 92 valence electrons. The molecule has 0 unspecified atom stereocenters. The van der Waals surface area contributed by atoms with E-state index in [4.69, 9.17) is 4.74 Å². The molecule has 0 heterocycles. The van der Waals surface area contributed by atoms with Gasteiger partial charge in [0, 0.05) is 0 Å². The lowest BCUT2D eigenvalue weighted by Crippen LogP contribution is -2.04. The van der Waals surface area contributed by atoms with Crippen LogP contribution in [0, 0.1) is 5.92 Å². The standard InChI is InChI=1S/C13H20O.C2H6/c1-10(2)9-14-13-7-5-6-12(8-13)11(3)4;1-2/h5-8,10-11H,9H2,1-4H3;1-2H3. The third-order valence-corrected chi connectivity index (χ3v) is 2.11.